The lowest BCUT2D eigenvalue weighted by Crippen LogP contribution is -1.90. The molecule has 1 aromatic heterocycles. The molecule has 0 saturated carbocycles. The minimum absolute atomic E-state index is 0.850. The number of rotatable bonds is 3. The summed E-state index contributed by atoms with van der Waals surface area (Å²) in [6.07, 6.45) is 0. The highest BCUT2D eigenvalue weighted by Gasteiger charge is 2.09. The van der Waals surface area contributed by atoms with Gasteiger partial charge < -0.3 is 4.74 Å². The molecule has 0 fully saturated rings. The van der Waals surface area contributed by atoms with Gasteiger partial charge in [0.2, 0.25) is 0 Å². The molecule has 0 N–H and O–H groups in total. The van der Waals surface area contributed by atoms with E-state index in [1.807, 2.05) is 18.2 Å². The summed E-state index contributed by atoms with van der Waals surface area (Å²) in [5.41, 5.74) is 6.73. The standard InChI is InChI=1S/C23H19NO/c1-16-7-9-17(10-8-16)21-15-23(18-11-13-19(25-2)14-12-18)24-22-6-4-3-5-20(21)22/h3-15H,1-2H3. The number of aromatic nitrogens is 1. The number of benzene rings is 3. The van der Waals surface area contributed by atoms with Gasteiger partial charge in [0.15, 0.2) is 0 Å². The second-order valence-corrected chi connectivity index (χ2v) is 6.17. The maximum atomic E-state index is 5.26. The van der Waals surface area contributed by atoms with E-state index < -0.39 is 0 Å². The van der Waals surface area contributed by atoms with Gasteiger partial charge in [-0.2, -0.15) is 0 Å². The second kappa shape index (κ2) is 6.40. The molecule has 0 aliphatic carbocycles. The van der Waals surface area contributed by atoms with Crippen LogP contribution in [0, 0.1) is 6.92 Å². The minimum Gasteiger partial charge on any atom is -0.497 e. The number of hydrogen-bond acceptors (Lipinski definition) is 2. The largest absolute Gasteiger partial charge is 0.497 e. The molecule has 25 heavy (non-hydrogen) atoms. The number of ether oxygens (including phenoxy) is 1. The van der Waals surface area contributed by atoms with Crippen molar-refractivity contribution >= 4 is 10.9 Å². The van der Waals surface area contributed by atoms with Gasteiger partial charge in [-0.25, -0.2) is 4.98 Å². The van der Waals surface area contributed by atoms with E-state index in [9.17, 15) is 0 Å². The Bertz CT molecular complexity index is 1020. The van der Waals surface area contributed by atoms with Crippen LogP contribution in [0.2, 0.25) is 0 Å². The number of nitrogens with zero attached hydrogens (tertiary/aromatic N) is 1. The summed E-state index contributed by atoms with van der Waals surface area (Å²) in [5, 5.41) is 1.17. The molecule has 2 nitrogen and oxygen atoms in total. The molecule has 0 aliphatic heterocycles. The highest BCUT2D eigenvalue weighted by Crippen LogP contribution is 2.32. The van der Waals surface area contributed by atoms with Crippen molar-refractivity contribution in [1.82, 2.24) is 4.98 Å². The SMILES string of the molecule is COc1ccc(-c2cc(-c3ccc(C)cc3)c3ccccc3n2)cc1. The van der Waals surface area contributed by atoms with E-state index >= 15 is 0 Å². The van der Waals surface area contributed by atoms with Gasteiger partial charge in [-0.1, -0.05) is 48.0 Å². The van der Waals surface area contributed by atoms with E-state index in [0.29, 0.717) is 0 Å². The number of para-hydroxylation sites is 1. The highest BCUT2D eigenvalue weighted by molar-refractivity contribution is 5.96. The molecule has 0 saturated heterocycles. The fourth-order valence-corrected chi connectivity index (χ4v) is 3.06. The van der Waals surface area contributed by atoms with Gasteiger partial charge in [0.05, 0.1) is 18.3 Å². The lowest BCUT2D eigenvalue weighted by molar-refractivity contribution is 0.415. The maximum absolute atomic E-state index is 5.26. The van der Waals surface area contributed by atoms with E-state index in [-0.39, 0.29) is 0 Å². The van der Waals surface area contributed by atoms with Crippen LogP contribution in [0.5, 0.6) is 5.75 Å². The van der Waals surface area contributed by atoms with Crippen molar-refractivity contribution in [2.75, 3.05) is 7.11 Å². The van der Waals surface area contributed by atoms with E-state index in [2.05, 4.69) is 67.6 Å². The second-order valence-electron chi connectivity index (χ2n) is 6.17. The molecule has 0 spiro atoms. The Kier molecular flexibility index (Phi) is 3.95. The summed E-state index contributed by atoms with van der Waals surface area (Å²) >= 11 is 0. The molecule has 4 rings (SSSR count). The first-order valence-corrected chi connectivity index (χ1v) is 8.36. The van der Waals surface area contributed by atoms with E-state index in [1.54, 1.807) is 7.11 Å². The fourth-order valence-electron chi connectivity index (χ4n) is 3.06. The summed E-state index contributed by atoms with van der Waals surface area (Å²) in [7, 11) is 1.68. The van der Waals surface area contributed by atoms with Crippen LogP contribution in [0.3, 0.4) is 0 Å². The van der Waals surface area contributed by atoms with Crippen LogP contribution in [-0.2, 0) is 0 Å². The molecular weight excluding hydrogens is 306 g/mol. The van der Waals surface area contributed by atoms with Crippen molar-refractivity contribution in [3.05, 3.63) is 84.4 Å². The normalized spacial score (nSPS) is 10.8. The third-order valence-corrected chi connectivity index (χ3v) is 4.46. The van der Waals surface area contributed by atoms with Crippen LogP contribution in [0.1, 0.15) is 5.56 Å². The molecule has 2 heteroatoms. The van der Waals surface area contributed by atoms with Crippen LogP contribution in [-0.4, -0.2) is 12.1 Å². The quantitative estimate of drug-likeness (QED) is 0.469. The third-order valence-electron chi connectivity index (χ3n) is 4.46. The average molecular weight is 325 g/mol. The van der Waals surface area contributed by atoms with E-state index in [1.165, 1.54) is 22.1 Å². The molecule has 122 valence electrons. The number of fused-ring (bicyclic) bond motifs is 1. The topological polar surface area (TPSA) is 22.1 Å². The number of hydrogen-bond donors (Lipinski definition) is 0. The lowest BCUT2D eigenvalue weighted by atomic mass is 9.97. The zero-order chi connectivity index (χ0) is 17.2. The molecule has 0 unspecified atom stereocenters. The summed E-state index contributed by atoms with van der Waals surface area (Å²) in [5.74, 6) is 0.850. The van der Waals surface area contributed by atoms with Crippen LogP contribution in [0.15, 0.2) is 78.9 Å². The molecular formula is C23H19NO. The zero-order valence-electron chi connectivity index (χ0n) is 14.4. The van der Waals surface area contributed by atoms with Crippen molar-refractivity contribution in [3.63, 3.8) is 0 Å². The Labute approximate surface area is 147 Å². The molecule has 0 bridgehead atoms. The summed E-state index contributed by atoms with van der Waals surface area (Å²) < 4.78 is 5.26. The van der Waals surface area contributed by atoms with Crippen molar-refractivity contribution in [3.8, 4) is 28.1 Å². The van der Waals surface area contributed by atoms with Crippen molar-refractivity contribution in [1.29, 1.82) is 0 Å². The summed E-state index contributed by atoms with van der Waals surface area (Å²) in [6.45, 7) is 2.11. The van der Waals surface area contributed by atoms with E-state index in [4.69, 9.17) is 9.72 Å². The maximum Gasteiger partial charge on any atom is 0.118 e. The van der Waals surface area contributed by atoms with Crippen LogP contribution >= 0.6 is 0 Å². The van der Waals surface area contributed by atoms with Crippen LogP contribution in [0.25, 0.3) is 33.3 Å². The molecule has 0 aliphatic rings. The first-order chi connectivity index (χ1) is 12.2. The summed E-state index contributed by atoms with van der Waals surface area (Å²) in [6, 6.07) is 27.2. The first-order valence-electron chi connectivity index (χ1n) is 8.36. The van der Waals surface area contributed by atoms with Crippen molar-refractivity contribution in [2.45, 2.75) is 6.92 Å². The van der Waals surface area contributed by atoms with Gasteiger partial charge in [0.25, 0.3) is 0 Å². The van der Waals surface area contributed by atoms with Crippen molar-refractivity contribution < 1.29 is 4.74 Å². The molecule has 4 aromatic rings. The molecule has 0 atom stereocenters. The average Bonchev–Trinajstić information content (AvgIpc) is 2.68. The number of pyridine rings is 1. The van der Waals surface area contributed by atoms with Gasteiger partial charge in [0.1, 0.15) is 5.75 Å². The Morgan fingerprint density at radius 3 is 2.16 bits per heavy atom. The lowest BCUT2D eigenvalue weighted by Gasteiger charge is -2.11. The van der Waals surface area contributed by atoms with Gasteiger partial charge >= 0.3 is 0 Å². The Morgan fingerprint density at radius 2 is 1.44 bits per heavy atom. The third kappa shape index (κ3) is 2.99. The molecule has 0 amide bonds. The van der Waals surface area contributed by atoms with Gasteiger partial charge in [0, 0.05) is 10.9 Å². The van der Waals surface area contributed by atoms with Gasteiger partial charge in [-0.15, -0.1) is 0 Å². The monoisotopic (exact) mass is 325 g/mol. The predicted octanol–water partition coefficient (Wildman–Crippen LogP) is 5.89. The Morgan fingerprint density at radius 1 is 0.760 bits per heavy atom. The minimum atomic E-state index is 0.850. The molecule has 3 aromatic carbocycles. The summed E-state index contributed by atoms with van der Waals surface area (Å²) in [4.78, 5) is 4.86. The van der Waals surface area contributed by atoms with Gasteiger partial charge in [-0.3, -0.25) is 0 Å². The first kappa shape index (κ1) is 15.4. The Hall–Kier alpha value is -3.13. The molecule has 1 heterocycles. The van der Waals surface area contributed by atoms with Crippen LogP contribution < -0.4 is 4.74 Å². The fraction of sp³-hybridized carbons (Fsp3) is 0.0870. The highest BCUT2D eigenvalue weighted by atomic mass is 16.5. The van der Waals surface area contributed by atoms with Crippen molar-refractivity contribution in [2.24, 2.45) is 0 Å². The van der Waals surface area contributed by atoms with Gasteiger partial charge in [-0.05, 0) is 54.4 Å². The number of methoxy groups -OCH3 is 1. The predicted molar refractivity (Wildman–Crippen MR) is 104 cm³/mol. The Balaban J connectivity index is 1.92. The molecule has 0 radical (unpaired) electrons. The zero-order valence-corrected chi connectivity index (χ0v) is 14.4. The van der Waals surface area contributed by atoms with Crippen LogP contribution in [0.4, 0.5) is 0 Å². The smallest absolute Gasteiger partial charge is 0.118 e. The van der Waals surface area contributed by atoms with E-state index in [0.717, 1.165) is 22.5 Å². The number of aryl methyl sites for hydroxylation is 1.